The van der Waals surface area contributed by atoms with Gasteiger partial charge in [0.1, 0.15) is 5.54 Å². The van der Waals surface area contributed by atoms with Gasteiger partial charge in [-0.25, -0.2) is 18.1 Å². The summed E-state index contributed by atoms with van der Waals surface area (Å²) in [5, 5.41) is 2.97. The summed E-state index contributed by atoms with van der Waals surface area (Å²) in [7, 11) is -3.58. The molecule has 8 nitrogen and oxygen atoms in total. The van der Waals surface area contributed by atoms with E-state index in [2.05, 4.69) is 11.4 Å². The van der Waals surface area contributed by atoms with Crippen molar-refractivity contribution in [2.24, 2.45) is 0 Å². The van der Waals surface area contributed by atoms with Crippen molar-refractivity contribution in [2.75, 3.05) is 32.8 Å². The van der Waals surface area contributed by atoms with Crippen molar-refractivity contribution in [3.8, 4) is 0 Å². The number of carbonyl (C=O) groups is 2. The Balaban J connectivity index is 1.23. The van der Waals surface area contributed by atoms with Crippen molar-refractivity contribution in [1.29, 1.82) is 0 Å². The van der Waals surface area contributed by atoms with E-state index in [-0.39, 0.29) is 18.6 Å². The molecule has 1 spiro atoms. The number of piperazine rings is 1. The van der Waals surface area contributed by atoms with Crippen LogP contribution < -0.4 is 5.32 Å². The van der Waals surface area contributed by atoms with Crippen LogP contribution in [0.25, 0.3) is 0 Å². The molecule has 0 bridgehead atoms. The first-order valence-electron chi connectivity index (χ1n) is 11.7. The molecule has 2 aromatic carbocycles. The minimum absolute atomic E-state index is 0.172. The highest BCUT2D eigenvalue weighted by atomic mass is 32.2. The minimum atomic E-state index is -3.58. The topological polar surface area (TPSA) is 90.0 Å². The Morgan fingerprint density at radius 3 is 2.35 bits per heavy atom. The summed E-state index contributed by atoms with van der Waals surface area (Å²) in [6.45, 7) is 5.58. The molecule has 2 saturated heterocycles. The number of benzene rings is 2. The Morgan fingerprint density at radius 2 is 1.65 bits per heavy atom. The summed E-state index contributed by atoms with van der Waals surface area (Å²) < 4.78 is 27.7. The zero-order valence-corrected chi connectivity index (χ0v) is 20.4. The first kappa shape index (κ1) is 23.0. The average Bonchev–Trinajstić information content (AvgIpc) is 3.04. The second kappa shape index (κ2) is 8.48. The van der Waals surface area contributed by atoms with Crippen molar-refractivity contribution in [3.63, 3.8) is 0 Å². The van der Waals surface area contributed by atoms with Crippen molar-refractivity contribution in [3.05, 3.63) is 64.7 Å². The lowest BCUT2D eigenvalue weighted by Crippen LogP contribution is -2.54. The van der Waals surface area contributed by atoms with E-state index in [4.69, 9.17) is 0 Å². The number of imide groups is 1. The van der Waals surface area contributed by atoms with E-state index in [0.717, 1.165) is 23.1 Å². The van der Waals surface area contributed by atoms with Gasteiger partial charge in [-0.3, -0.25) is 9.69 Å². The molecule has 1 atom stereocenters. The minimum Gasteiger partial charge on any atom is -0.323 e. The highest BCUT2D eigenvalue weighted by molar-refractivity contribution is 7.89. The SMILES string of the molecule is Cc1ccc(S(=O)(=O)N2CCN(CN3C(=O)NC4(CCc5ccccc5C4)C3=O)CC2)cc1C. The van der Waals surface area contributed by atoms with Gasteiger partial charge >= 0.3 is 6.03 Å². The molecule has 34 heavy (non-hydrogen) atoms. The first-order valence-corrected chi connectivity index (χ1v) is 13.1. The van der Waals surface area contributed by atoms with E-state index < -0.39 is 15.6 Å². The number of urea groups is 1. The van der Waals surface area contributed by atoms with Crippen molar-refractivity contribution >= 4 is 22.0 Å². The van der Waals surface area contributed by atoms with E-state index in [0.29, 0.717) is 43.9 Å². The average molecular weight is 483 g/mol. The van der Waals surface area contributed by atoms with Crippen LogP contribution in [0.1, 0.15) is 28.7 Å². The van der Waals surface area contributed by atoms with Gasteiger partial charge in [0.2, 0.25) is 10.0 Å². The number of rotatable bonds is 4. The lowest BCUT2D eigenvalue weighted by Gasteiger charge is -2.36. The van der Waals surface area contributed by atoms with E-state index >= 15 is 0 Å². The molecule has 2 fully saturated rings. The van der Waals surface area contributed by atoms with Crippen LogP contribution in [0.5, 0.6) is 0 Å². The van der Waals surface area contributed by atoms with Gasteiger partial charge in [-0.1, -0.05) is 30.3 Å². The second-order valence-corrected chi connectivity index (χ2v) is 11.5. The summed E-state index contributed by atoms with van der Waals surface area (Å²) in [5.74, 6) is -0.183. The molecule has 0 saturated carbocycles. The van der Waals surface area contributed by atoms with Crippen LogP contribution >= 0.6 is 0 Å². The van der Waals surface area contributed by atoms with E-state index in [9.17, 15) is 18.0 Å². The number of carbonyl (C=O) groups excluding carboxylic acids is 2. The van der Waals surface area contributed by atoms with Gasteiger partial charge in [0.25, 0.3) is 5.91 Å². The van der Waals surface area contributed by atoms with Crippen LogP contribution in [0.3, 0.4) is 0 Å². The molecule has 2 aliphatic heterocycles. The highest BCUT2D eigenvalue weighted by Crippen LogP contribution is 2.33. The molecule has 0 aromatic heterocycles. The maximum Gasteiger partial charge on any atom is 0.326 e. The van der Waals surface area contributed by atoms with Gasteiger partial charge in [0.15, 0.2) is 0 Å². The number of nitrogens with one attached hydrogen (secondary N) is 1. The number of amides is 3. The third-order valence-electron chi connectivity index (χ3n) is 7.47. The molecule has 1 unspecified atom stereocenters. The van der Waals surface area contributed by atoms with Gasteiger partial charge in [0.05, 0.1) is 11.6 Å². The lowest BCUT2D eigenvalue weighted by molar-refractivity contribution is -0.133. The normalized spacial score (nSPS) is 23.9. The monoisotopic (exact) mass is 482 g/mol. The zero-order chi connectivity index (χ0) is 24.1. The van der Waals surface area contributed by atoms with Gasteiger partial charge in [-0.15, -0.1) is 0 Å². The van der Waals surface area contributed by atoms with Gasteiger partial charge < -0.3 is 5.32 Å². The smallest absolute Gasteiger partial charge is 0.323 e. The number of hydrogen-bond acceptors (Lipinski definition) is 5. The number of fused-ring (bicyclic) bond motifs is 1. The Kier molecular flexibility index (Phi) is 5.74. The quantitative estimate of drug-likeness (QED) is 0.674. The molecular formula is C25H30N4O4S. The summed E-state index contributed by atoms with van der Waals surface area (Å²) in [6.07, 6.45) is 1.85. The van der Waals surface area contributed by atoms with Crippen LogP contribution in [0, 0.1) is 13.8 Å². The number of aryl methyl sites for hydroxylation is 3. The summed E-state index contributed by atoms with van der Waals surface area (Å²) in [5.41, 5.74) is 3.46. The first-order chi connectivity index (χ1) is 16.2. The Morgan fingerprint density at radius 1 is 0.941 bits per heavy atom. The van der Waals surface area contributed by atoms with E-state index in [1.165, 1.54) is 14.8 Å². The molecule has 3 aliphatic rings. The fourth-order valence-corrected chi connectivity index (χ4v) is 6.67. The maximum absolute atomic E-state index is 13.4. The third-order valence-corrected chi connectivity index (χ3v) is 9.36. The Labute approximate surface area is 200 Å². The molecule has 2 aromatic rings. The van der Waals surface area contributed by atoms with Crippen molar-refractivity contribution in [2.45, 2.75) is 43.5 Å². The molecule has 9 heteroatoms. The molecule has 1 N–H and O–H groups in total. The zero-order valence-electron chi connectivity index (χ0n) is 19.6. The molecule has 1 aliphatic carbocycles. The van der Waals surface area contributed by atoms with Gasteiger partial charge in [-0.05, 0) is 61.1 Å². The van der Waals surface area contributed by atoms with Crippen LogP contribution in [0.4, 0.5) is 4.79 Å². The maximum atomic E-state index is 13.4. The van der Waals surface area contributed by atoms with Crippen LogP contribution in [0.2, 0.25) is 0 Å². The fraction of sp³-hybridized carbons (Fsp3) is 0.440. The van der Waals surface area contributed by atoms with Crippen molar-refractivity contribution < 1.29 is 18.0 Å². The molecule has 5 rings (SSSR count). The Bertz CT molecular complexity index is 1250. The number of sulfonamides is 1. The van der Waals surface area contributed by atoms with Crippen LogP contribution in [-0.2, 0) is 27.7 Å². The van der Waals surface area contributed by atoms with E-state index in [1.54, 1.807) is 12.1 Å². The predicted molar refractivity (Wildman–Crippen MR) is 128 cm³/mol. The second-order valence-electron chi connectivity index (χ2n) is 9.60. The van der Waals surface area contributed by atoms with Crippen LogP contribution in [-0.4, -0.2) is 72.8 Å². The standard InChI is InChI=1S/C25H30N4O4S/c1-18-7-8-22(15-19(18)2)34(32,33)28-13-11-27(12-14-28)17-29-23(30)25(26-24(29)31)10-9-20-5-3-4-6-21(20)16-25/h3-8,15H,9-14,16-17H2,1-2H3,(H,26,31). The molecule has 2 heterocycles. The third kappa shape index (κ3) is 3.91. The summed E-state index contributed by atoms with van der Waals surface area (Å²) in [4.78, 5) is 29.7. The summed E-state index contributed by atoms with van der Waals surface area (Å²) in [6, 6.07) is 12.9. The van der Waals surface area contributed by atoms with Gasteiger partial charge in [-0.2, -0.15) is 4.31 Å². The number of nitrogens with zero attached hydrogens (tertiary/aromatic N) is 3. The largest absolute Gasteiger partial charge is 0.326 e. The van der Waals surface area contributed by atoms with Crippen LogP contribution in [0.15, 0.2) is 47.4 Å². The summed E-state index contributed by atoms with van der Waals surface area (Å²) >= 11 is 0. The highest BCUT2D eigenvalue weighted by Gasteiger charge is 2.52. The number of hydrogen-bond donors (Lipinski definition) is 1. The van der Waals surface area contributed by atoms with Crippen molar-refractivity contribution in [1.82, 2.24) is 19.4 Å². The van der Waals surface area contributed by atoms with Gasteiger partial charge in [0, 0.05) is 32.6 Å². The molecule has 0 radical (unpaired) electrons. The van der Waals surface area contributed by atoms with E-state index in [1.807, 2.05) is 43.0 Å². The molecular weight excluding hydrogens is 452 g/mol. The molecule has 180 valence electrons. The Hall–Kier alpha value is -2.75. The predicted octanol–water partition coefficient (Wildman–Crippen LogP) is 2.05. The fourth-order valence-electron chi connectivity index (χ4n) is 5.16. The molecule has 3 amide bonds. The lowest BCUT2D eigenvalue weighted by atomic mass is 9.78.